The molecule has 7 nitrogen and oxygen atoms in total. The Bertz CT molecular complexity index is 1420. The monoisotopic (exact) mass is 633 g/mol. The Morgan fingerprint density at radius 2 is 1.67 bits per heavy atom. The molecule has 0 spiro atoms. The molecule has 1 N–H and O–H groups in total. The molecular formula is C29H33BrClN3O4S. The van der Waals surface area contributed by atoms with Crippen molar-refractivity contribution < 1.29 is 18.0 Å². The number of carbonyl (C=O) groups is 2. The number of benzene rings is 3. The lowest BCUT2D eigenvalue weighted by molar-refractivity contribution is -0.139. The summed E-state index contributed by atoms with van der Waals surface area (Å²) >= 11 is 9.58. The first-order chi connectivity index (χ1) is 18.4. The van der Waals surface area contributed by atoms with Crippen LogP contribution in [0.2, 0.25) is 5.02 Å². The summed E-state index contributed by atoms with van der Waals surface area (Å²) in [6.45, 7) is 6.91. The molecule has 0 fully saturated rings. The Balaban J connectivity index is 2.03. The molecule has 10 heteroatoms. The summed E-state index contributed by atoms with van der Waals surface area (Å²) in [4.78, 5) is 28.5. The summed E-state index contributed by atoms with van der Waals surface area (Å²) in [7, 11) is -4.12. The smallest absolute Gasteiger partial charge is 0.264 e. The van der Waals surface area contributed by atoms with Crippen LogP contribution in [0.1, 0.15) is 38.3 Å². The van der Waals surface area contributed by atoms with Crippen molar-refractivity contribution in [2.45, 2.75) is 57.6 Å². The molecule has 0 heterocycles. The summed E-state index contributed by atoms with van der Waals surface area (Å²) in [5.74, 6) is -0.854. The number of hydrogen-bond donors (Lipinski definition) is 1. The average molecular weight is 635 g/mol. The van der Waals surface area contributed by atoms with E-state index in [1.165, 1.54) is 17.0 Å². The van der Waals surface area contributed by atoms with Gasteiger partial charge in [0.25, 0.3) is 10.0 Å². The normalized spacial score (nSPS) is 12.9. The maximum atomic E-state index is 13.9. The van der Waals surface area contributed by atoms with Crippen molar-refractivity contribution in [1.82, 2.24) is 10.2 Å². The number of nitrogens with zero attached hydrogens (tertiary/aromatic N) is 2. The van der Waals surface area contributed by atoms with E-state index in [1.807, 2.05) is 20.8 Å². The summed E-state index contributed by atoms with van der Waals surface area (Å²) in [6.07, 6.45) is 0.728. The Morgan fingerprint density at radius 1 is 1.00 bits per heavy atom. The van der Waals surface area contributed by atoms with E-state index in [0.717, 1.165) is 21.9 Å². The van der Waals surface area contributed by atoms with E-state index in [2.05, 4.69) is 21.2 Å². The number of sulfonamides is 1. The molecule has 3 aromatic rings. The van der Waals surface area contributed by atoms with E-state index < -0.39 is 28.5 Å². The lowest BCUT2D eigenvalue weighted by Crippen LogP contribution is -2.52. The molecule has 3 rings (SSSR count). The summed E-state index contributed by atoms with van der Waals surface area (Å²) in [5.41, 5.74) is 1.94. The molecule has 0 saturated heterocycles. The lowest BCUT2D eigenvalue weighted by atomic mass is 10.1. The molecule has 39 heavy (non-hydrogen) atoms. The predicted octanol–water partition coefficient (Wildman–Crippen LogP) is 5.94. The summed E-state index contributed by atoms with van der Waals surface area (Å²) in [5, 5.41) is 3.41. The zero-order valence-electron chi connectivity index (χ0n) is 22.4. The highest BCUT2D eigenvalue weighted by molar-refractivity contribution is 9.10. The molecule has 0 aliphatic heterocycles. The fourth-order valence-corrected chi connectivity index (χ4v) is 5.88. The maximum absolute atomic E-state index is 13.9. The van der Waals surface area contributed by atoms with Crippen molar-refractivity contribution >= 4 is 55.1 Å². The van der Waals surface area contributed by atoms with Crippen molar-refractivity contribution in [1.29, 1.82) is 0 Å². The third-order valence-corrected chi connectivity index (χ3v) is 8.91. The van der Waals surface area contributed by atoms with Gasteiger partial charge in [-0.1, -0.05) is 70.3 Å². The van der Waals surface area contributed by atoms with Gasteiger partial charge in [-0.2, -0.15) is 0 Å². The number of nitrogens with one attached hydrogen (secondary N) is 1. The predicted molar refractivity (Wildman–Crippen MR) is 159 cm³/mol. The minimum Gasteiger partial charge on any atom is -0.352 e. The topological polar surface area (TPSA) is 86.8 Å². The van der Waals surface area contributed by atoms with Crippen LogP contribution in [0.25, 0.3) is 0 Å². The van der Waals surface area contributed by atoms with Gasteiger partial charge >= 0.3 is 0 Å². The van der Waals surface area contributed by atoms with Gasteiger partial charge in [-0.25, -0.2) is 8.42 Å². The molecule has 0 bridgehead atoms. The fraction of sp³-hybridized carbons (Fsp3) is 0.310. The molecule has 0 unspecified atom stereocenters. The van der Waals surface area contributed by atoms with Crippen LogP contribution in [-0.4, -0.2) is 43.8 Å². The lowest BCUT2D eigenvalue weighted by Gasteiger charge is -2.32. The zero-order valence-corrected chi connectivity index (χ0v) is 25.6. The van der Waals surface area contributed by atoms with Crippen molar-refractivity contribution in [2.24, 2.45) is 0 Å². The molecule has 0 aliphatic rings. The van der Waals surface area contributed by atoms with E-state index in [9.17, 15) is 18.0 Å². The van der Waals surface area contributed by atoms with Crippen LogP contribution in [-0.2, 0) is 26.2 Å². The van der Waals surface area contributed by atoms with Gasteiger partial charge < -0.3 is 10.2 Å². The highest BCUT2D eigenvalue weighted by atomic mass is 79.9. The van der Waals surface area contributed by atoms with Gasteiger partial charge in [-0.3, -0.25) is 13.9 Å². The second kappa shape index (κ2) is 13.5. The van der Waals surface area contributed by atoms with Crippen LogP contribution in [0.4, 0.5) is 5.69 Å². The molecule has 0 aliphatic carbocycles. The van der Waals surface area contributed by atoms with Gasteiger partial charge in [0.15, 0.2) is 0 Å². The molecule has 0 aromatic heterocycles. The number of aryl methyl sites for hydroxylation is 1. The van der Waals surface area contributed by atoms with E-state index >= 15 is 0 Å². The van der Waals surface area contributed by atoms with E-state index in [1.54, 1.807) is 67.6 Å². The number of halogens is 2. The van der Waals surface area contributed by atoms with Crippen molar-refractivity contribution in [3.8, 4) is 0 Å². The van der Waals surface area contributed by atoms with E-state index in [0.29, 0.717) is 15.2 Å². The van der Waals surface area contributed by atoms with Gasteiger partial charge in [0.05, 0.1) is 10.6 Å². The standard InChI is InChI=1S/C29H33BrClN3O4S/c1-5-21(3)32-29(36)22(4)33(18-23-8-6-10-25(31)16-23)28(35)19-34(26-11-7-9-24(30)17-26)39(37,38)27-14-12-20(2)13-15-27/h6-17,21-22H,5,18-19H2,1-4H3,(H,32,36)/t21-,22+/m0/s1. The van der Waals surface area contributed by atoms with Crippen LogP contribution in [0.15, 0.2) is 82.2 Å². The highest BCUT2D eigenvalue weighted by Crippen LogP contribution is 2.27. The second-order valence-electron chi connectivity index (χ2n) is 9.45. The quantitative estimate of drug-likeness (QED) is 0.283. The van der Waals surface area contributed by atoms with Crippen molar-refractivity contribution in [3.05, 3.63) is 93.4 Å². The second-order valence-corrected chi connectivity index (χ2v) is 12.7. The molecule has 208 valence electrons. The number of rotatable bonds is 11. The first-order valence-electron chi connectivity index (χ1n) is 12.6. The number of anilines is 1. The average Bonchev–Trinajstić information content (AvgIpc) is 2.89. The molecule has 2 amide bonds. The van der Waals surface area contributed by atoms with Gasteiger partial charge in [-0.15, -0.1) is 0 Å². The van der Waals surface area contributed by atoms with E-state index in [-0.39, 0.29) is 23.4 Å². The number of amides is 2. The largest absolute Gasteiger partial charge is 0.352 e. The van der Waals surface area contributed by atoms with Gasteiger partial charge in [-0.05, 0) is 75.2 Å². The molecule has 2 atom stereocenters. The van der Waals surface area contributed by atoms with Crippen molar-refractivity contribution in [2.75, 3.05) is 10.8 Å². The molecule has 0 radical (unpaired) electrons. The van der Waals surface area contributed by atoms with Crippen LogP contribution >= 0.6 is 27.5 Å². The van der Waals surface area contributed by atoms with Crippen LogP contribution in [0.3, 0.4) is 0 Å². The van der Waals surface area contributed by atoms with Gasteiger partial charge in [0.1, 0.15) is 12.6 Å². The number of hydrogen-bond acceptors (Lipinski definition) is 4. The molecular weight excluding hydrogens is 602 g/mol. The Hall–Kier alpha value is -2.88. The molecule has 0 saturated carbocycles. The zero-order chi connectivity index (χ0) is 28.7. The van der Waals surface area contributed by atoms with Crippen LogP contribution in [0.5, 0.6) is 0 Å². The molecule has 3 aromatic carbocycles. The minimum absolute atomic E-state index is 0.0600. The number of carbonyl (C=O) groups excluding carboxylic acids is 2. The Morgan fingerprint density at radius 3 is 2.28 bits per heavy atom. The highest BCUT2D eigenvalue weighted by Gasteiger charge is 2.32. The summed E-state index contributed by atoms with van der Waals surface area (Å²) < 4.78 is 29.4. The summed E-state index contributed by atoms with van der Waals surface area (Å²) in [6, 6.07) is 19.3. The minimum atomic E-state index is -4.12. The van der Waals surface area contributed by atoms with Crippen LogP contribution in [0, 0.1) is 6.92 Å². The van der Waals surface area contributed by atoms with Gasteiger partial charge in [0, 0.05) is 22.1 Å². The fourth-order valence-electron chi connectivity index (χ4n) is 3.88. The van der Waals surface area contributed by atoms with Crippen LogP contribution < -0.4 is 9.62 Å². The first-order valence-corrected chi connectivity index (χ1v) is 15.2. The SMILES string of the molecule is CC[C@H](C)NC(=O)[C@@H](C)N(Cc1cccc(Cl)c1)C(=O)CN(c1cccc(Br)c1)S(=O)(=O)c1ccc(C)cc1. The van der Waals surface area contributed by atoms with Crippen molar-refractivity contribution in [3.63, 3.8) is 0 Å². The van der Waals surface area contributed by atoms with E-state index in [4.69, 9.17) is 11.6 Å². The van der Waals surface area contributed by atoms with Gasteiger partial charge in [0.2, 0.25) is 11.8 Å². The Labute approximate surface area is 244 Å². The maximum Gasteiger partial charge on any atom is 0.264 e. The first kappa shape index (κ1) is 30.7. The Kier molecular flexibility index (Phi) is 10.6. The third kappa shape index (κ3) is 8.06. The third-order valence-electron chi connectivity index (χ3n) is 6.39.